The highest BCUT2D eigenvalue weighted by Gasteiger charge is 2.09. The second-order valence-corrected chi connectivity index (χ2v) is 5.85. The highest BCUT2D eigenvalue weighted by atomic mass is 16.5. The molecule has 0 aliphatic carbocycles. The van der Waals surface area contributed by atoms with Gasteiger partial charge < -0.3 is 14.2 Å². The smallest absolute Gasteiger partial charge is 0.163 e. The summed E-state index contributed by atoms with van der Waals surface area (Å²) in [5, 5.41) is 0. The summed E-state index contributed by atoms with van der Waals surface area (Å²) in [7, 11) is 3.17. The molecule has 0 atom stereocenters. The van der Waals surface area contributed by atoms with Gasteiger partial charge in [0, 0.05) is 18.1 Å². The van der Waals surface area contributed by atoms with Crippen molar-refractivity contribution in [2.24, 2.45) is 0 Å². The van der Waals surface area contributed by atoms with Crippen molar-refractivity contribution in [2.45, 2.75) is 32.1 Å². The molecule has 0 unspecified atom stereocenters. The molecule has 0 bridgehead atoms. The van der Waals surface area contributed by atoms with Crippen molar-refractivity contribution in [1.29, 1.82) is 0 Å². The van der Waals surface area contributed by atoms with Crippen molar-refractivity contribution in [3.63, 3.8) is 0 Å². The minimum absolute atomic E-state index is 0.123. The third-order valence-electron chi connectivity index (χ3n) is 3.98. The summed E-state index contributed by atoms with van der Waals surface area (Å²) in [6.45, 7) is 0.713. The number of ketones is 1. The number of unbranched alkanes of at least 4 members (excludes halogenated alkanes) is 3. The van der Waals surface area contributed by atoms with Crippen LogP contribution in [0, 0.1) is 0 Å². The van der Waals surface area contributed by atoms with Crippen molar-refractivity contribution in [2.75, 3.05) is 20.8 Å². The number of methoxy groups -OCH3 is 2. The zero-order valence-electron chi connectivity index (χ0n) is 15.0. The molecule has 0 saturated carbocycles. The molecule has 0 fully saturated rings. The SMILES string of the molecule is COc1cc(OC)cc(C(=O)CCCCCCOc2ccccc2)c1. The number of benzene rings is 2. The average Bonchev–Trinajstić information content (AvgIpc) is 2.67. The topological polar surface area (TPSA) is 44.8 Å². The number of ether oxygens (including phenoxy) is 3. The number of hydrogen-bond acceptors (Lipinski definition) is 4. The van der Waals surface area contributed by atoms with Crippen LogP contribution in [0.1, 0.15) is 42.5 Å². The zero-order valence-corrected chi connectivity index (χ0v) is 15.0. The van der Waals surface area contributed by atoms with Crippen LogP contribution in [0.5, 0.6) is 17.2 Å². The molecule has 2 rings (SSSR count). The van der Waals surface area contributed by atoms with Gasteiger partial charge in [0.2, 0.25) is 0 Å². The van der Waals surface area contributed by atoms with E-state index < -0.39 is 0 Å². The highest BCUT2D eigenvalue weighted by molar-refractivity contribution is 5.96. The van der Waals surface area contributed by atoms with Crippen LogP contribution in [0.15, 0.2) is 48.5 Å². The van der Waals surface area contributed by atoms with Gasteiger partial charge in [-0.3, -0.25) is 4.79 Å². The molecule has 0 spiro atoms. The molecule has 4 heteroatoms. The predicted octanol–water partition coefficient (Wildman–Crippen LogP) is 4.92. The second-order valence-electron chi connectivity index (χ2n) is 5.85. The van der Waals surface area contributed by atoms with Crippen LogP contribution in [0.4, 0.5) is 0 Å². The minimum atomic E-state index is 0.123. The van der Waals surface area contributed by atoms with Crippen molar-refractivity contribution in [3.05, 3.63) is 54.1 Å². The zero-order chi connectivity index (χ0) is 17.9. The molecular weight excluding hydrogens is 316 g/mol. The molecule has 0 aliphatic rings. The van der Waals surface area contributed by atoms with Gasteiger partial charge in [0.15, 0.2) is 5.78 Å². The van der Waals surface area contributed by atoms with Gasteiger partial charge in [0.1, 0.15) is 17.2 Å². The molecule has 0 aromatic heterocycles. The maximum Gasteiger partial charge on any atom is 0.163 e. The average molecular weight is 342 g/mol. The fraction of sp³-hybridized carbons (Fsp3) is 0.381. The molecule has 2 aromatic rings. The van der Waals surface area contributed by atoms with Crippen molar-refractivity contribution >= 4 is 5.78 Å². The Bertz CT molecular complexity index is 630. The van der Waals surface area contributed by atoms with Gasteiger partial charge in [-0.2, -0.15) is 0 Å². The fourth-order valence-corrected chi connectivity index (χ4v) is 2.56. The van der Waals surface area contributed by atoms with Crippen molar-refractivity contribution in [3.8, 4) is 17.2 Å². The molecule has 0 N–H and O–H groups in total. The van der Waals surface area contributed by atoms with Crippen LogP contribution in [0.2, 0.25) is 0 Å². The van der Waals surface area contributed by atoms with Gasteiger partial charge in [-0.25, -0.2) is 0 Å². The van der Waals surface area contributed by atoms with E-state index in [0.29, 0.717) is 30.1 Å². The maximum absolute atomic E-state index is 12.3. The fourth-order valence-electron chi connectivity index (χ4n) is 2.56. The van der Waals surface area contributed by atoms with E-state index in [2.05, 4.69) is 0 Å². The number of hydrogen-bond donors (Lipinski definition) is 0. The largest absolute Gasteiger partial charge is 0.497 e. The third kappa shape index (κ3) is 6.49. The van der Waals surface area contributed by atoms with E-state index in [1.165, 1.54) is 0 Å². The van der Waals surface area contributed by atoms with E-state index in [-0.39, 0.29) is 5.78 Å². The van der Waals surface area contributed by atoms with Gasteiger partial charge in [-0.1, -0.05) is 31.0 Å². The Hall–Kier alpha value is -2.49. The number of Topliss-reactive ketones (excluding diaryl/α,β-unsaturated/α-hetero) is 1. The lowest BCUT2D eigenvalue weighted by atomic mass is 10.0. The molecule has 25 heavy (non-hydrogen) atoms. The monoisotopic (exact) mass is 342 g/mol. The van der Waals surface area contributed by atoms with Crippen LogP contribution in [0.25, 0.3) is 0 Å². The number of para-hydroxylation sites is 1. The molecule has 4 nitrogen and oxygen atoms in total. The Kier molecular flexibility index (Phi) is 7.83. The quantitative estimate of drug-likeness (QED) is 0.430. The van der Waals surface area contributed by atoms with Gasteiger partial charge in [0.05, 0.1) is 20.8 Å². The van der Waals surface area contributed by atoms with Crippen LogP contribution in [0.3, 0.4) is 0 Å². The Morgan fingerprint density at radius 2 is 1.44 bits per heavy atom. The minimum Gasteiger partial charge on any atom is -0.497 e. The predicted molar refractivity (Wildman–Crippen MR) is 98.9 cm³/mol. The third-order valence-corrected chi connectivity index (χ3v) is 3.98. The summed E-state index contributed by atoms with van der Waals surface area (Å²) in [4.78, 5) is 12.3. The lowest BCUT2D eigenvalue weighted by molar-refractivity contribution is 0.0978. The molecule has 0 amide bonds. The summed E-state index contributed by atoms with van der Waals surface area (Å²) in [6, 6.07) is 15.1. The summed E-state index contributed by atoms with van der Waals surface area (Å²) >= 11 is 0. The Morgan fingerprint density at radius 1 is 0.800 bits per heavy atom. The molecular formula is C21H26O4. The lowest BCUT2D eigenvalue weighted by Gasteiger charge is -2.08. The van der Waals surface area contributed by atoms with Crippen LogP contribution < -0.4 is 14.2 Å². The first-order chi connectivity index (χ1) is 12.2. The van der Waals surface area contributed by atoms with Crippen molar-refractivity contribution < 1.29 is 19.0 Å². The Morgan fingerprint density at radius 3 is 2.08 bits per heavy atom. The Labute approximate surface area is 149 Å². The van der Waals surface area contributed by atoms with Crippen LogP contribution >= 0.6 is 0 Å². The number of rotatable bonds is 11. The summed E-state index contributed by atoms with van der Waals surface area (Å²) < 4.78 is 16.1. The van der Waals surface area contributed by atoms with E-state index in [1.807, 2.05) is 30.3 Å². The first-order valence-electron chi connectivity index (χ1n) is 8.67. The second kappa shape index (κ2) is 10.4. The molecule has 0 aliphatic heterocycles. The molecule has 0 heterocycles. The van der Waals surface area contributed by atoms with E-state index in [1.54, 1.807) is 32.4 Å². The maximum atomic E-state index is 12.3. The van der Waals surface area contributed by atoms with E-state index >= 15 is 0 Å². The first-order valence-corrected chi connectivity index (χ1v) is 8.67. The number of carbonyl (C=O) groups is 1. The molecule has 2 aromatic carbocycles. The molecule has 0 saturated heterocycles. The number of carbonyl (C=O) groups excluding carboxylic acids is 1. The standard InChI is InChI=1S/C21H26O4/c1-23-19-14-17(15-20(16-19)24-2)21(22)12-8-3-4-9-13-25-18-10-6-5-7-11-18/h5-7,10-11,14-16H,3-4,8-9,12-13H2,1-2H3. The molecule has 0 radical (unpaired) electrons. The van der Waals surface area contributed by atoms with Gasteiger partial charge in [-0.05, 0) is 37.1 Å². The van der Waals surface area contributed by atoms with Gasteiger partial charge in [-0.15, -0.1) is 0 Å². The lowest BCUT2D eigenvalue weighted by Crippen LogP contribution is -2.01. The Balaban J connectivity index is 1.65. The van der Waals surface area contributed by atoms with E-state index in [0.717, 1.165) is 31.4 Å². The summed E-state index contributed by atoms with van der Waals surface area (Å²) in [5.74, 6) is 2.31. The van der Waals surface area contributed by atoms with Crippen molar-refractivity contribution in [1.82, 2.24) is 0 Å². The van der Waals surface area contributed by atoms with E-state index in [4.69, 9.17) is 14.2 Å². The summed E-state index contributed by atoms with van der Waals surface area (Å²) in [6.07, 6.45) is 4.49. The molecule has 134 valence electrons. The normalized spacial score (nSPS) is 10.3. The van der Waals surface area contributed by atoms with Gasteiger partial charge >= 0.3 is 0 Å². The van der Waals surface area contributed by atoms with E-state index in [9.17, 15) is 4.79 Å². The first kappa shape index (κ1) is 18.8. The van der Waals surface area contributed by atoms with Crippen LogP contribution in [-0.2, 0) is 0 Å². The van der Waals surface area contributed by atoms with Gasteiger partial charge in [0.25, 0.3) is 0 Å². The van der Waals surface area contributed by atoms with Crippen LogP contribution in [-0.4, -0.2) is 26.6 Å². The highest BCUT2D eigenvalue weighted by Crippen LogP contribution is 2.24. The summed E-state index contributed by atoms with van der Waals surface area (Å²) in [5.41, 5.74) is 0.642.